The van der Waals surface area contributed by atoms with Crippen LogP contribution in [0, 0.1) is 5.92 Å². The summed E-state index contributed by atoms with van der Waals surface area (Å²) in [5, 5.41) is 0. The van der Waals surface area contributed by atoms with Crippen molar-refractivity contribution in [1.82, 2.24) is 0 Å². The van der Waals surface area contributed by atoms with Gasteiger partial charge < -0.3 is 19.9 Å². The molecule has 27 heavy (non-hydrogen) atoms. The van der Waals surface area contributed by atoms with Crippen LogP contribution in [-0.4, -0.2) is 33.8 Å². The van der Waals surface area contributed by atoms with E-state index in [1.165, 1.54) is 89.9 Å². The summed E-state index contributed by atoms with van der Waals surface area (Å²) in [6, 6.07) is 0. The van der Waals surface area contributed by atoms with Gasteiger partial charge in [-0.25, -0.2) is 0 Å². The third-order valence-corrected chi connectivity index (χ3v) is 5.77. The van der Waals surface area contributed by atoms with Gasteiger partial charge in [0, 0.05) is 27.2 Å². The largest absolute Gasteiger partial charge is 0.331 e. The summed E-state index contributed by atoms with van der Waals surface area (Å²) >= 11 is 0. The van der Waals surface area contributed by atoms with Crippen LogP contribution in [0.1, 0.15) is 110 Å². The van der Waals surface area contributed by atoms with E-state index in [1.54, 1.807) is 21.3 Å². The van der Waals surface area contributed by atoms with E-state index in [9.17, 15) is 0 Å². The molecule has 0 spiro atoms. The van der Waals surface area contributed by atoms with E-state index in [0.29, 0.717) is 5.92 Å². The molecule has 4 heteroatoms. The molecule has 0 saturated heterocycles. The topological polar surface area (TPSA) is 53.7 Å². The molecule has 1 atom stereocenters. The summed E-state index contributed by atoms with van der Waals surface area (Å²) in [5.74, 6) is -0.580. The van der Waals surface area contributed by atoms with Crippen molar-refractivity contribution in [3.63, 3.8) is 0 Å². The standard InChI is InChI=1S/C23H49NO3/c1-5-6-7-13-16-19-22(23(25-2,26-3)27-4)20-17-14-11-9-8-10-12-15-18-21-24/h22H,5-21,24H2,1-4H3. The van der Waals surface area contributed by atoms with Crippen LogP contribution in [0.4, 0.5) is 0 Å². The molecule has 2 N–H and O–H groups in total. The monoisotopic (exact) mass is 387 g/mol. The number of hydrogen-bond acceptors (Lipinski definition) is 4. The molecule has 0 radical (unpaired) electrons. The van der Waals surface area contributed by atoms with Gasteiger partial charge in [0.1, 0.15) is 0 Å². The molecule has 0 aromatic carbocycles. The molecule has 0 aromatic heterocycles. The number of methoxy groups -OCH3 is 3. The highest BCUT2D eigenvalue weighted by Gasteiger charge is 2.39. The molecule has 0 rings (SSSR count). The Hall–Kier alpha value is -0.160. The van der Waals surface area contributed by atoms with Crippen LogP contribution in [-0.2, 0) is 14.2 Å². The normalized spacial score (nSPS) is 13.2. The van der Waals surface area contributed by atoms with Crippen molar-refractivity contribution in [2.75, 3.05) is 27.9 Å². The lowest BCUT2D eigenvalue weighted by atomic mass is 9.91. The van der Waals surface area contributed by atoms with Crippen LogP contribution < -0.4 is 5.73 Å². The first-order chi connectivity index (χ1) is 13.2. The van der Waals surface area contributed by atoms with Crippen molar-refractivity contribution in [2.45, 2.75) is 116 Å². The SMILES string of the molecule is CCCCCCCC(CCCCCCCCCCCN)C(OC)(OC)OC. The molecule has 0 saturated carbocycles. The van der Waals surface area contributed by atoms with Gasteiger partial charge in [-0.2, -0.15) is 0 Å². The summed E-state index contributed by atoms with van der Waals surface area (Å²) < 4.78 is 17.0. The average Bonchev–Trinajstić information content (AvgIpc) is 2.70. The highest BCUT2D eigenvalue weighted by atomic mass is 16.9. The summed E-state index contributed by atoms with van der Waals surface area (Å²) in [4.78, 5) is 0. The smallest absolute Gasteiger partial charge is 0.285 e. The lowest BCUT2D eigenvalue weighted by Crippen LogP contribution is -2.44. The minimum Gasteiger partial charge on any atom is -0.331 e. The second-order valence-electron chi connectivity index (χ2n) is 7.88. The van der Waals surface area contributed by atoms with Gasteiger partial charge in [-0.15, -0.1) is 0 Å². The average molecular weight is 388 g/mol. The van der Waals surface area contributed by atoms with Gasteiger partial charge in [-0.1, -0.05) is 90.4 Å². The first-order valence-electron chi connectivity index (χ1n) is 11.6. The molecule has 0 heterocycles. The molecule has 0 amide bonds. The lowest BCUT2D eigenvalue weighted by molar-refractivity contribution is -0.380. The lowest BCUT2D eigenvalue weighted by Gasteiger charge is -2.36. The molecule has 0 aromatic rings. The van der Waals surface area contributed by atoms with Crippen molar-refractivity contribution in [2.24, 2.45) is 11.7 Å². The number of nitrogens with two attached hydrogens (primary N) is 1. The van der Waals surface area contributed by atoms with Crippen LogP contribution in [0.2, 0.25) is 0 Å². The zero-order valence-corrected chi connectivity index (χ0v) is 18.9. The van der Waals surface area contributed by atoms with Crippen LogP contribution >= 0.6 is 0 Å². The van der Waals surface area contributed by atoms with Crippen LogP contribution in [0.5, 0.6) is 0 Å². The second-order valence-corrected chi connectivity index (χ2v) is 7.88. The van der Waals surface area contributed by atoms with Gasteiger partial charge in [0.25, 0.3) is 5.97 Å². The molecular formula is C23H49NO3. The first-order valence-corrected chi connectivity index (χ1v) is 11.6. The Morgan fingerprint density at radius 3 is 1.33 bits per heavy atom. The molecule has 164 valence electrons. The Kier molecular flexibility index (Phi) is 19.1. The van der Waals surface area contributed by atoms with E-state index in [0.717, 1.165) is 19.4 Å². The molecule has 0 aliphatic carbocycles. The Labute approximate surface area is 169 Å². The zero-order chi connectivity index (χ0) is 20.2. The predicted octanol–water partition coefficient (Wildman–Crippen LogP) is 6.42. The summed E-state index contributed by atoms with van der Waals surface area (Å²) in [6.07, 6.45) is 20.4. The molecule has 0 aliphatic rings. The maximum Gasteiger partial charge on any atom is 0.285 e. The van der Waals surface area contributed by atoms with Gasteiger partial charge in [0.05, 0.1) is 0 Å². The van der Waals surface area contributed by atoms with Gasteiger partial charge in [-0.05, 0) is 25.8 Å². The Morgan fingerprint density at radius 1 is 0.593 bits per heavy atom. The zero-order valence-electron chi connectivity index (χ0n) is 18.9. The summed E-state index contributed by atoms with van der Waals surface area (Å²) in [7, 11) is 5.09. The van der Waals surface area contributed by atoms with E-state index in [2.05, 4.69) is 6.92 Å². The van der Waals surface area contributed by atoms with Crippen LogP contribution in [0.25, 0.3) is 0 Å². The highest BCUT2D eigenvalue weighted by Crippen LogP contribution is 2.33. The van der Waals surface area contributed by atoms with Gasteiger partial charge in [0.15, 0.2) is 0 Å². The molecular weight excluding hydrogens is 338 g/mol. The summed E-state index contributed by atoms with van der Waals surface area (Å²) in [6.45, 7) is 3.10. The fourth-order valence-corrected chi connectivity index (χ4v) is 4.01. The Balaban J connectivity index is 4.09. The van der Waals surface area contributed by atoms with E-state index in [1.807, 2.05) is 0 Å². The Bertz CT molecular complexity index is 287. The Morgan fingerprint density at radius 2 is 0.963 bits per heavy atom. The number of unbranched alkanes of at least 4 members (excludes halogenated alkanes) is 12. The van der Waals surface area contributed by atoms with Gasteiger partial charge in [-0.3, -0.25) is 0 Å². The van der Waals surface area contributed by atoms with Crippen molar-refractivity contribution < 1.29 is 14.2 Å². The summed E-state index contributed by atoms with van der Waals surface area (Å²) in [5.41, 5.74) is 5.53. The van der Waals surface area contributed by atoms with Gasteiger partial charge >= 0.3 is 0 Å². The molecule has 0 aliphatic heterocycles. The third kappa shape index (κ3) is 12.8. The first kappa shape index (κ1) is 26.8. The van der Waals surface area contributed by atoms with Crippen LogP contribution in [0.3, 0.4) is 0 Å². The fourth-order valence-electron chi connectivity index (χ4n) is 4.01. The van der Waals surface area contributed by atoms with Crippen molar-refractivity contribution >= 4 is 0 Å². The number of rotatable bonds is 21. The molecule has 0 fully saturated rings. The van der Waals surface area contributed by atoms with E-state index in [-0.39, 0.29) is 0 Å². The molecule has 0 bridgehead atoms. The van der Waals surface area contributed by atoms with Crippen molar-refractivity contribution in [1.29, 1.82) is 0 Å². The van der Waals surface area contributed by atoms with Crippen LogP contribution in [0.15, 0.2) is 0 Å². The molecule has 1 unspecified atom stereocenters. The van der Waals surface area contributed by atoms with Crippen molar-refractivity contribution in [3.8, 4) is 0 Å². The van der Waals surface area contributed by atoms with Gasteiger partial charge in [0.2, 0.25) is 0 Å². The second kappa shape index (κ2) is 19.2. The number of ether oxygens (including phenoxy) is 3. The highest BCUT2D eigenvalue weighted by molar-refractivity contribution is 4.71. The quantitative estimate of drug-likeness (QED) is 0.182. The maximum atomic E-state index is 5.67. The third-order valence-electron chi connectivity index (χ3n) is 5.77. The van der Waals surface area contributed by atoms with E-state index < -0.39 is 5.97 Å². The minimum atomic E-state index is -0.881. The van der Waals surface area contributed by atoms with E-state index in [4.69, 9.17) is 19.9 Å². The maximum absolute atomic E-state index is 5.67. The minimum absolute atomic E-state index is 0.301. The van der Waals surface area contributed by atoms with E-state index >= 15 is 0 Å². The predicted molar refractivity (Wildman–Crippen MR) is 116 cm³/mol. The number of hydrogen-bond donors (Lipinski definition) is 1. The van der Waals surface area contributed by atoms with Crippen molar-refractivity contribution in [3.05, 3.63) is 0 Å². The fraction of sp³-hybridized carbons (Fsp3) is 1.00. The molecule has 4 nitrogen and oxygen atoms in total.